The van der Waals surface area contributed by atoms with Crippen LogP contribution >= 0.6 is 22.6 Å². The number of hydrogen-bond donors (Lipinski definition) is 3. The molecule has 0 aromatic heterocycles. The smallest absolute Gasteiger partial charge is 0.256 e. The predicted molar refractivity (Wildman–Crippen MR) is 116 cm³/mol. The summed E-state index contributed by atoms with van der Waals surface area (Å²) in [4.78, 5) is 14.1. The van der Waals surface area contributed by atoms with Gasteiger partial charge >= 0.3 is 0 Å². The lowest BCUT2D eigenvalue weighted by molar-refractivity contribution is -0.175. The summed E-state index contributed by atoms with van der Waals surface area (Å²) in [6.07, 6.45) is -1.81. The maximum atomic E-state index is 14.6. The second-order valence-electron chi connectivity index (χ2n) is 7.72. The third-order valence-corrected chi connectivity index (χ3v) is 6.13. The minimum atomic E-state index is -1.58. The van der Waals surface area contributed by atoms with E-state index in [9.17, 15) is 28.2 Å². The number of halogens is 4. The molecule has 2 heterocycles. The van der Waals surface area contributed by atoms with Crippen LogP contribution in [0.1, 0.15) is 16.8 Å². The van der Waals surface area contributed by atoms with Gasteiger partial charge in [0.15, 0.2) is 17.9 Å². The third kappa shape index (κ3) is 4.57. The van der Waals surface area contributed by atoms with Crippen LogP contribution in [0.3, 0.4) is 0 Å². The molecule has 11 heteroatoms. The molecule has 0 bridgehead atoms. The van der Waals surface area contributed by atoms with Gasteiger partial charge in [-0.15, -0.1) is 0 Å². The molecule has 3 N–H and O–H groups in total. The summed E-state index contributed by atoms with van der Waals surface area (Å²) in [7, 11) is 0. The number of nitrogens with one attached hydrogen (secondary N) is 1. The number of ether oxygens (including phenoxy) is 2. The molecule has 0 aliphatic carbocycles. The van der Waals surface area contributed by atoms with Crippen molar-refractivity contribution in [2.75, 3.05) is 31.6 Å². The second kappa shape index (κ2) is 9.14. The van der Waals surface area contributed by atoms with Crippen molar-refractivity contribution in [1.82, 2.24) is 4.90 Å². The van der Waals surface area contributed by atoms with E-state index in [2.05, 4.69) is 5.32 Å². The van der Waals surface area contributed by atoms with Gasteiger partial charge in [0.2, 0.25) is 0 Å². The van der Waals surface area contributed by atoms with Gasteiger partial charge in [-0.25, -0.2) is 13.2 Å². The van der Waals surface area contributed by atoms with Crippen LogP contribution < -0.4 is 5.32 Å². The fourth-order valence-corrected chi connectivity index (χ4v) is 4.11. The first-order valence-electron chi connectivity index (χ1n) is 9.81. The molecule has 1 atom stereocenters. The SMILES string of the molecule is O=C(c1ccc(F)c(F)c1Nc1ccc(I)cc1F)N1CC(O)(C(O)CC2OCCO2)C1. The molecule has 1 unspecified atom stereocenters. The Hall–Kier alpha value is -1.93. The number of anilines is 2. The first-order valence-corrected chi connectivity index (χ1v) is 10.9. The van der Waals surface area contributed by atoms with Crippen LogP contribution in [0, 0.1) is 21.0 Å². The average Bonchev–Trinajstić information content (AvgIpc) is 3.23. The van der Waals surface area contributed by atoms with Crippen molar-refractivity contribution in [3.8, 4) is 0 Å². The van der Waals surface area contributed by atoms with Gasteiger partial charge in [0.1, 0.15) is 11.4 Å². The summed E-state index contributed by atoms with van der Waals surface area (Å²) in [6.45, 7) is 0.340. The topological polar surface area (TPSA) is 91.3 Å². The van der Waals surface area contributed by atoms with Crippen molar-refractivity contribution < 1.29 is 37.7 Å². The van der Waals surface area contributed by atoms with Crippen molar-refractivity contribution in [2.45, 2.75) is 24.4 Å². The number of hydrogen-bond acceptors (Lipinski definition) is 6. The summed E-state index contributed by atoms with van der Waals surface area (Å²) in [5.74, 6) is -3.94. The summed E-state index contributed by atoms with van der Waals surface area (Å²) < 4.78 is 53.8. The molecule has 2 aliphatic rings. The summed E-state index contributed by atoms with van der Waals surface area (Å²) >= 11 is 1.90. The Bertz CT molecular complexity index is 1030. The Balaban J connectivity index is 1.51. The highest BCUT2D eigenvalue weighted by molar-refractivity contribution is 14.1. The van der Waals surface area contributed by atoms with E-state index in [-0.39, 0.29) is 30.8 Å². The van der Waals surface area contributed by atoms with Gasteiger partial charge in [0, 0.05) is 9.99 Å². The zero-order chi connectivity index (χ0) is 23.0. The minimum absolute atomic E-state index is 0.0304. The second-order valence-corrected chi connectivity index (χ2v) is 8.97. The van der Waals surface area contributed by atoms with Crippen LogP contribution in [-0.2, 0) is 9.47 Å². The molecule has 2 aromatic rings. The quantitative estimate of drug-likeness (QED) is 0.468. The van der Waals surface area contributed by atoms with Gasteiger partial charge < -0.3 is 29.9 Å². The molecule has 0 radical (unpaired) electrons. The van der Waals surface area contributed by atoms with Crippen LogP contribution in [0.25, 0.3) is 0 Å². The van der Waals surface area contributed by atoms with Crippen LogP contribution in [0.2, 0.25) is 0 Å². The maximum Gasteiger partial charge on any atom is 0.256 e. The Morgan fingerprint density at radius 2 is 1.88 bits per heavy atom. The van der Waals surface area contributed by atoms with E-state index in [1.54, 1.807) is 6.07 Å². The normalized spacial score (nSPS) is 19.0. The Morgan fingerprint density at radius 1 is 1.19 bits per heavy atom. The number of rotatable bonds is 6. The van der Waals surface area contributed by atoms with Gasteiger partial charge in [-0.3, -0.25) is 4.79 Å². The van der Waals surface area contributed by atoms with E-state index in [0.717, 1.165) is 12.1 Å². The lowest BCUT2D eigenvalue weighted by Gasteiger charge is -2.49. The van der Waals surface area contributed by atoms with E-state index in [1.165, 1.54) is 17.0 Å². The number of carbonyl (C=O) groups excluding carboxylic acids is 1. The lowest BCUT2D eigenvalue weighted by Crippen LogP contribution is -2.69. The van der Waals surface area contributed by atoms with E-state index in [0.29, 0.717) is 16.8 Å². The average molecular weight is 564 g/mol. The largest absolute Gasteiger partial charge is 0.390 e. The molecule has 2 saturated heterocycles. The van der Waals surface area contributed by atoms with Crippen LogP contribution in [0.15, 0.2) is 30.3 Å². The first kappa shape index (κ1) is 23.2. The molecular weight excluding hydrogens is 544 g/mol. The summed E-state index contributed by atoms with van der Waals surface area (Å²) in [5, 5.41) is 23.4. The maximum absolute atomic E-state index is 14.6. The highest BCUT2D eigenvalue weighted by Crippen LogP contribution is 2.33. The highest BCUT2D eigenvalue weighted by Gasteiger charge is 2.50. The number of likely N-dealkylation sites (tertiary alicyclic amines) is 1. The zero-order valence-corrected chi connectivity index (χ0v) is 18.8. The van der Waals surface area contributed by atoms with Gasteiger partial charge in [-0.2, -0.15) is 0 Å². The van der Waals surface area contributed by atoms with Gasteiger partial charge in [0.05, 0.1) is 49.3 Å². The van der Waals surface area contributed by atoms with Gasteiger partial charge in [-0.05, 0) is 52.9 Å². The Kier molecular flexibility index (Phi) is 6.63. The molecular formula is C21H20F3IN2O5. The monoisotopic (exact) mass is 564 g/mol. The van der Waals surface area contributed by atoms with Crippen LogP contribution in [-0.4, -0.2) is 65.3 Å². The fraction of sp³-hybridized carbons (Fsp3) is 0.381. The molecule has 0 spiro atoms. The summed E-state index contributed by atoms with van der Waals surface area (Å²) in [6, 6.07) is 6.01. The van der Waals surface area contributed by atoms with E-state index in [1.807, 2.05) is 22.6 Å². The number of nitrogens with zero attached hydrogens (tertiary/aromatic N) is 1. The van der Waals surface area contributed by atoms with E-state index < -0.39 is 47.0 Å². The fourth-order valence-electron chi connectivity index (χ4n) is 3.66. The molecule has 2 fully saturated rings. The Morgan fingerprint density at radius 3 is 2.53 bits per heavy atom. The minimum Gasteiger partial charge on any atom is -0.390 e. The van der Waals surface area contributed by atoms with Gasteiger partial charge in [-0.1, -0.05) is 0 Å². The molecule has 0 saturated carbocycles. The van der Waals surface area contributed by atoms with Crippen molar-refractivity contribution in [2.24, 2.45) is 0 Å². The molecule has 2 aliphatic heterocycles. The first-order chi connectivity index (χ1) is 15.2. The van der Waals surface area contributed by atoms with Crippen LogP contribution in [0.5, 0.6) is 0 Å². The highest BCUT2D eigenvalue weighted by atomic mass is 127. The lowest BCUT2D eigenvalue weighted by atomic mass is 9.85. The zero-order valence-electron chi connectivity index (χ0n) is 16.7. The Labute approximate surface area is 195 Å². The molecule has 2 aromatic carbocycles. The number of benzene rings is 2. The number of aliphatic hydroxyl groups is 2. The molecule has 7 nitrogen and oxygen atoms in total. The number of amides is 1. The predicted octanol–water partition coefficient (Wildman–Crippen LogP) is 2.76. The molecule has 4 rings (SSSR count). The standard InChI is InChI=1S/C21H20F3IN2O5/c22-13-3-2-12(19(18(13)24)26-15-4-1-11(25)7-14(15)23)20(29)27-9-21(30,10-27)16(28)8-17-31-5-6-32-17/h1-4,7,16-17,26,28,30H,5-6,8-10H2. The number of aliphatic hydroxyl groups excluding tert-OH is 1. The number of carbonyl (C=O) groups is 1. The third-order valence-electron chi connectivity index (χ3n) is 5.46. The number of β-amino-alcohol motifs (C(OH)–C–C–N with tert-alkyl or cyclic N) is 1. The summed E-state index contributed by atoms with van der Waals surface area (Å²) in [5.41, 5.74) is -2.46. The van der Waals surface area contributed by atoms with Crippen molar-refractivity contribution in [3.63, 3.8) is 0 Å². The van der Waals surface area contributed by atoms with E-state index in [4.69, 9.17) is 9.47 Å². The molecule has 32 heavy (non-hydrogen) atoms. The van der Waals surface area contributed by atoms with E-state index >= 15 is 0 Å². The molecule has 172 valence electrons. The van der Waals surface area contributed by atoms with Crippen molar-refractivity contribution in [1.29, 1.82) is 0 Å². The van der Waals surface area contributed by atoms with Crippen molar-refractivity contribution in [3.05, 3.63) is 56.9 Å². The van der Waals surface area contributed by atoms with Crippen molar-refractivity contribution >= 4 is 39.9 Å². The van der Waals surface area contributed by atoms with Gasteiger partial charge in [0.25, 0.3) is 5.91 Å². The van der Waals surface area contributed by atoms with Crippen LogP contribution in [0.4, 0.5) is 24.5 Å². The molecule has 1 amide bonds.